The molecule has 0 radical (unpaired) electrons. The standard InChI is InChI=1S/C15H19F3O3S/c1-2-9-21-11-7-8-12(10-11)22(19,20)14-6-4-3-5-13(14)15(16,17)18/h3-6,11-12H,2,7-10H2,1H3/t11-,12-/m1/s1. The van der Waals surface area contributed by atoms with Gasteiger partial charge in [-0.2, -0.15) is 13.2 Å². The molecule has 3 nitrogen and oxygen atoms in total. The van der Waals surface area contributed by atoms with E-state index in [2.05, 4.69) is 0 Å². The first-order valence-corrected chi connectivity index (χ1v) is 8.83. The van der Waals surface area contributed by atoms with E-state index in [9.17, 15) is 21.6 Å². The first-order chi connectivity index (χ1) is 10.3. The van der Waals surface area contributed by atoms with Gasteiger partial charge in [-0.1, -0.05) is 19.1 Å². The van der Waals surface area contributed by atoms with Crippen molar-refractivity contribution in [3.8, 4) is 0 Å². The van der Waals surface area contributed by atoms with Gasteiger partial charge in [-0.15, -0.1) is 0 Å². The molecule has 2 atom stereocenters. The van der Waals surface area contributed by atoms with Gasteiger partial charge in [0.15, 0.2) is 9.84 Å². The molecule has 1 fully saturated rings. The molecule has 0 heterocycles. The number of benzene rings is 1. The van der Waals surface area contributed by atoms with E-state index in [-0.39, 0.29) is 12.5 Å². The fourth-order valence-corrected chi connectivity index (χ4v) is 4.78. The van der Waals surface area contributed by atoms with Gasteiger partial charge in [0.05, 0.1) is 21.8 Å². The van der Waals surface area contributed by atoms with Gasteiger partial charge >= 0.3 is 6.18 Å². The van der Waals surface area contributed by atoms with E-state index < -0.39 is 31.7 Å². The molecule has 0 aromatic heterocycles. The molecular weight excluding hydrogens is 317 g/mol. The quantitative estimate of drug-likeness (QED) is 0.821. The number of ether oxygens (including phenoxy) is 1. The van der Waals surface area contributed by atoms with Gasteiger partial charge in [0, 0.05) is 6.61 Å². The van der Waals surface area contributed by atoms with Gasteiger partial charge < -0.3 is 4.74 Å². The van der Waals surface area contributed by atoms with Crippen molar-refractivity contribution in [2.45, 2.75) is 55.0 Å². The number of hydrogen-bond donors (Lipinski definition) is 0. The summed E-state index contributed by atoms with van der Waals surface area (Å²) in [7, 11) is -4.01. The number of alkyl halides is 3. The highest BCUT2D eigenvalue weighted by Gasteiger charge is 2.41. The van der Waals surface area contributed by atoms with Crippen LogP contribution in [0.1, 0.15) is 38.2 Å². The summed E-state index contributed by atoms with van der Waals surface area (Å²) < 4.78 is 69.7. The molecule has 0 aliphatic heterocycles. The van der Waals surface area contributed by atoms with Crippen LogP contribution in [0.4, 0.5) is 13.2 Å². The Morgan fingerprint density at radius 1 is 1.23 bits per heavy atom. The highest BCUT2D eigenvalue weighted by atomic mass is 32.2. The van der Waals surface area contributed by atoms with Gasteiger partial charge in [-0.05, 0) is 37.8 Å². The molecule has 22 heavy (non-hydrogen) atoms. The van der Waals surface area contributed by atoms with Gasteiger partial charge in [0.25, 0.3) is 0 Å². The molecule has 1 aliphatic rings. The molecule has 0 N–H and O–H groups in total. The maximum Gasteiger partial charge on any atom is 0.417 e. The molecule has 1 aliphatic carbocycles. The first kappa shape index (κ1) is 17.3. The largest absolute Gasteiger partial charge is 0.417 e. The Hall–Kier alpha value is -1.08. The topological polar surface area (TPSA) is 43.4 Å². The molecule has 124 valence electrons. The van der Waals surface area contributed by atoms with Crippen molar-refractivity contribution in [2.75, 3.05) is 6.61 Å². The second kappa shape index (κ2) is 6.58. The predicted octanol–water partition coefficient (Wildman–Crippen LogP) is 3.83. The molecular formula is C15H19F3O3S. The molecule has 0 amide bonds. The van der Waals surface area contributed by atoms with Crippen LogP contribution in [0, 0.1) is 0 Å². The molecule has 1 aromatic carbocycles. The summed E-state index contributed by atoms with van der Waals surface area (Å²) in [6.07, 6.45) is -2.88. The van der Waals surface area contributed by atoms with E-state index in [4.69, 9.17) is 4.74 Å². The molecule has 1 saturated carbocycles. The first-order valence-electron chi connectivity index (χ1n) is 7.28. The molecule has 0 saturated heterocycles. The summed E-state index contributed by atoms with van der Waals surface area (Å²) in [6, 6.07) is 4.37. The molecule has 2 rings (SSSR count). The van der Waals surface area contributed by atoms with Crippen molar-refractivity contribution in [3.05, 3.63) is 29.8 Å². The summed E-state index contributed by atoms with van der Waals surface area (Å²) >= 11 is 0. The second-order valence-electron chi connectivity index (χ2n) is 5.47. The van der Waals surface area contributed by atoms with Crippen molar-refractivity contribution >= 4 is 9.84 Å². The van der Waals surface area contributed by atoms with Gasteiger partial charge in [-0.3, -0.25) is 0 Å². The fraction of sp³-hybridized carbons (Fsp3) is 0.600. The zero-order chi connectivity index (χ0) is 16.4. The normalized spacial score (nSPS) is 22.9. The van der Waals surface area contributed by atoms with E-state index in [0.29, 0.717) is 19.4 Å². The molecule has 1 aromatic rings. The summed E-state index contributed by atoms with van der Waals surface area (Å²) in [5.41, 5.74) is -1.09. The van der Waals surface area contributed by atoms with Crippen LogP contribution < -0.4 is 0 Å². The summed E-state index contributed by atoms with van der Waals surface area (Å²) in [6.45, 7) is 2.49. The Kier molecular flexibility index (Phi) is 5.17. The van der Waals surface area contributed by atoms with E-state index in [1.165, 1.54) is 12.1 Å². The van der Waals surface area contributed by atoms with Crippen LogP contribution in [-0.4, -0.2) is 26.4 Å². The Labute approximate surface area is 128 Å². The number of sulfone groups is 1. The lowest BCUT2D eigenvalue weighted by atomic mass is 10.2. The van der Waals surface area contributed by atoms with Crippen LogP contribution in [0.25, 0.3) is 0 Å². The highest BCUT2D eigenvalue weighted by Crippen LogP contribution is 2.38. The lowest BCUT2D eigenvalue weighted by Crippen LogP contribution is -2.23. The third-order valence-electron chi connectivity index (χ3n) is 3.83. The summed E-state index contributed by atoms with van der Waals surface area (Å²) in [4.78, 5) is -0.622. The highest BCUT2D eigenvalue weighted by molar-refractivity contribution is 7.92. The van der Waals surface area contributed by atoms with E-state index in [0.717, 1.165) is 18.6 Å². The predicted molar refractivity (Wildman–Crippen MR) is 76.3 cm³/mol. The summed E-state index contributed by atoms with van der Waals surface area (Å²) in [5.74, 6) is 0. The van der Waals surface area contributed by atoms with Gasteiger partial charge in [0.1, 0.15) is 0 Å². The monoisotopic (exact) mass is 336 g/mol. The van der Waals surface area contributed by atoms with Gasteiger partial charge in [-0.25, -0.2) is 8.42 Å². The minimum Gasteiger partial charge on any atom is -0.378 e. The fourth-order valence-electron chi connectivity index (χ4n) is 2.75. The Morgan fingerprint density at radius 2 is 1.91 bits per heavy atom. The van der Waals surface area contributed by atoms with Crippen molar-refractivity contribution in [1.82, 2.24) is 0 Å². The zero-order valence-electron chi connectivity index (χ0n) is 12.3. The van der Waals surface area contributed by atoms with Crippen LogP contribution >= 0.6 is 0 Å². The number of rotatable bonds is 5. The third-order valence-corrected chi connectivity index (χ3v) is 6.11. The third kappa shape index (κ3) is 3.63. The Bertz CT molecular complexity index is 611. The van der Waals surface area contributed by atoms with E-state index in [1.54, 1.807) is 0 Å². The minimum atomic E-state index is -4.68. The molecule has 7 heteroatoms. The van der Waals surface area contributed by atoms with Crippen LogP contribution in [0.2, 0.25) is 0 Å². The lowest BCUT2D eigenvalue weighted by Gasteiger charge is -2.17. The van der Waals surface area contributed by atoms with Crippen LogP contribution in [0.5, 0.6) is 0 Å². The van der Waals surface area contributed by atoms with Crippen molar-refractivity contribution in [2.24, 2.45) is 0 Å². The number of halogens is 3. The SMILES string of the molecule is CCCO[C@@H]1CC[C@@H](S(=O)(=O)c2ccccc2C(F)(F)F)C1. The van der Waals surface area contributed by atoms with E-state index >= 15 is 0 Å². The maximum atomic E-state index is 13.0. The zero-order valence-corrected chi connectivity index (χ0v) is 13.1. The smallest absolute Gasteiger partial charge is 0.378 e. The second-order valence-corrected chi connectivity index (χ2v) is 7.66. The average molecular weight is 336 g/mol. The van der Waals surface area contributed by atoms with Crippen molar-refractivity contribution in [1.29, 1.82) is 0 Å². The average Bonchev–Trinajstić information content (AvgIpc) is 2.94. The minimum absolute atomic E-state index is 0.183. The molecule has 0 unspecified atom stereocenters. The Balaban J connectivity index is 2.26. The van der Waals surface area contributed by atoms with Gasteiger partial charge in [0.2, 0.25) is 0 Å². The number of hydrogen-bond acceptors (Lipinski definition) is 3. The maximum absolute atomic E-state index is 13.0. The molecule has 0 spiro atoms. The van der Waals surface area contributed by atoms with Crippen molar-refractivity contribution in [3.63, 3.8) is 0 Å². The van der Waals surface area contributed by atoms with Crippen LogP contribution in [-0.2, 0) is 20.8 Å². The van der Waals surface area contributed by atoms with Crippen LogP contribution in [0.3, 0.4) is 0 Å². The summed E-state index contributed by atoms with van der Waals surface area (Å²) in [5, 5.41) is -0.808. The van der Waals surface area contributed by atoms with E-state index in [1.807, 2.05) is 6.92 Å². The lowest BCUT2D eigenvalue weighted by molar-refractivity contribution is -0.139. The van der Waals surface area contributed by atoms with Crippen LogP contribution in [0.15, 0.2) is 29.2 Å². The Morgan fingerprint density at radius 3 is 2.55 bits per heavy atom. The van der Waals surface area contributed by atoms with Crippen molar-refractivity contribution < 1.29 is 26.3 Å². The molecule has 0 bridgehead atoms.